The van der Waals surface area contributed by atoms with Crippen LogP contribution in [0.1, 0.15) is 22.7 Å². The number of nitrogens with zero attached hydrogens (tertiary/aromatic N) is 1. The lowest BCUT2D eigenvalue weighted by molar-refractivity contribution is -0.122. The predicted octanol–water partition coefficient (Wildman–Crippen LogP) is 1.65. The Morgan fingerprint density at radius 2 is 2.37 bits per heavy atom. The number of carbonyl (C=O) groups is 1. The molecule has 1 aromatic carbocycles. The summed E-state index contributed by atoms with van der Waals surface area (Å²) in [7, 11) is 0. The van der Waals surface area contributed by atoms with Gasteiger partial charge in [-0.3, -0.25) is 4.79 Å². The first kappa shape index (κ1) is 12.3. The van der Waals surface area contributed by atoms with E-state index in [4.69, 9.17) is 0 Å². The Hall–Kier alpha value is -1.72. The molecule has 0 saturated carbocycles. The fourth-order valence-electron chi connectivity index (χ4n) is 2.36. The number of hydrogen-bond acceptors (Lipinski definition) is 4. The van der Waals surface area contributed by atoms with Crippen molar-refractivity contribution in [1.29, 1.82) is 0 Å². The predicted molar refractivity (Wildman–Crippen MR) is 74.9 cm³/mol. The van der Waals surface area contributed by atoms with E-state index in [2.05, 4.69) is 21.7 Å². The summed E-state index contributed by atoms with van der Waals surface area (Å²) in [6.07, 6.45) is 0. The highest BCUT2D eigenvalue weighted by atomic mass is 32.1. The number of amides is 1. The van der Waals surface area contributed by atoms with Gasteiger partial charge >= 0.3 is 0 Å². The second-order valence-corrected chi connectivity index (χ2v) is 5.30. The number of benzene rings is 1. The first-order valence-corrected chi connectivity index (χ1v) is 7.22. The van der Waals surface area contributed by atoms with Gasteiger partial charge in [0, 0.05) is 18.5 Å². The highest BCUT2D eigenvalue weighted by Gasteiger charge is 2.25. The molecular weight excluding hydrogens is 258 g/mol. The van der Waals surface area contributed by atoms with E-state index < -0.39 is 0 Å². The smallest absolute Gasteiger partial charge is 0.229 e. The van der Waals surface area contributed by atoms with Gasteiger partial charge in [0.25, 0.3) is 0 Å². The Morgan fingerprint density at radius 1 is 1.47 bits per heavy atom. The number of carbonyl (C=O) groups excluding carboxylic acids is 1. The van der Waals surface area contributed by atoms with Gasteiger partial charge in [-0.15, -0.1) is 11.3 Å². The SMILES string of the molecule is O=C(NCc1cscn1)C1CNCc2ccccc21. The van der Waals surface area contributed by atoms with Crippen molar-refractivity contribution in [3.63, 3.8) is 0 Å². The van der Waals surface area contributed by atoms with E-state index in [0.717, 1.165) is 17.8 Å². The van der Waals surface area contributed by atoms with E-state index >= 15 is 0 Å². The molecule has 5 heteroatoms. The molecule has 98 valence electrons. The minimum Gasteiger partial charge on any atom is -0.350 e. The Morgan fingerprint density at radius 3 is 3.21 bits per heavy atom. The van der Waals surface area contributed by atoms with Crippen molar-refractivity contribution in [3.8, 4) is 0 Å². The molecule has 2 aromatic rings. The van der Waals surface area contributed by atoms with Crippen molar-refractivity contribution in [2.75, 3.05) is 6.54 Å². The van der Waals surface area contributed by atoms with Crippen molar-refractivity contribution < 1.29 is 4.79 Å². The second-order valence-electron chi connectivity index (χ2n) is 4.58. The van der Waals surface area contributed by atoms with Crippen LogP contribution in [0.3, 0.4) is 0 Å². The fraction of sp³-hybridized carbons (Fsp3) is 0.286. The Kier molecular flexibility index (Phi) is 3.57. The minimum atomic E-state index is -0.108. The van der Waals surface area contributed by atoms with Crippen LogP contribution >= 0.6 is 11.3 Å². The summed E-state index contributed by atoms with van der Waals surface area (Å²) in [6.45, 7) is 2.03. The van der Waals surface area contributed by atoms with Gasteiger partial charge in [0.05, 0.1) is 23.7 Å². The number of hydrogen-bond donors (Lipinski definition) is 2. The molecule has 2 N–H and O–H groups in total. The molecule has 0 saturated heterocycles. The second kappa shape index (κ2) is 5.50. The van der Waals surface area contributed by atoms with Gasteiger partial charge in [-0.25, -0.2) is 4.98 Å². The lowest BCUT2D eigenvalue weighted by Crippen LogP contribution is -2.38. The molecule has 1 aliphatic heterocycles. The maximum Gasteiger partial charge on any atom is 0.229 e. The molecule has 2 heterocycles. The maximum atomic E-state index is 12.3. The van der Waals surface area contributed by atoms with Gasteiger partial charge in [-0.1, -0.05) is 24.3 Å². The summed E-state index contributed by atoms with van der Waals surface area (Å²) in [6, 6.07) is 8.12. The van der Waals surface area contributed by atoms with Crippen molar-refractivity contribution >= 4 is 17.2 Å². The van der Waals surface area contributed by atoms with E-state index in [1.807, 2.05) is 23.6 Å². The third kappa shape index (κ3) is 2.67. The lowest BCUT2D eigenvalue weighted by atomic mass is 9.90. The van der Waals surface area contributed by atoms with Crippen molar-refractivity contribution in [1.82, 2.24) is 15.6 Å². The lowest BCUT2D eigenvalue weighted by Gasteiger charge is -2.25. The standard InChI is InChI=1S/C14H15N3OS/c18-14(16-6-11-8-19-9-17-11)13-7-15-5-10-3-1-2-4-12(10)13/h1-4,8-9,13,15H,5-7H2,(H,16,18). The largest absolute Gasteiger partial charge is 0.350 e. The van der Waals surface area contributed by atoms with Crippen LogP contribution in [0.25, 0.3) is 0 Å². The monoisotopic (exact) mass is 273 g/mol. The Balaban J connectivity index is 1.71. The molecule has 1 aliphatic rings. The van der Waals surface area contributed by atoms with E-state index in [1.54, 1.807) is 16.8 Å². The van der Waals surface area contributed by atoms with E-state index in [9.17, 15) is 4.79 Å². The van der Waals surface area contributed by atoms with Gasteiger partial charge in [-0.05, 0) is 11.1 Å². The van der Waals surface area contributed by atoms with E-state index in [-0.39, 0.29) is 11.8 Å². The molecule has 19 heavy (non-hydrogen) atoms. The fourth-order valence-corrected chi connectivity index (χ4v) is 2.91. The molecule has 1 unspecified atom stereocenters. The van der Waals surface area contributed by atoms with Crippen molar-refractivity contribution in [2.24, 2.45) is 0 Å². The molecule has 0 radical (unpaired) electrons. The highest BCUT2D eigenvalue weighted by molar-refractivity contribution is 7.07. The third-order valence-corrected chi connectivity index (χ3v) is 3.97. The molecule has 4 nitrogen and oxygen atoms in total. The first-order chi connectivity index (χ1) is 9.34. The van der Waals surface area contributed by atoms with Gasteiger partial charge in [0.1, 0.15) is 0 Å². The van der Waals surface area contributed by atoms with Crippen LogP contribution < -0.4 is 10.6 Å². The van der Waals surface area contributed by atoms with Gasteiger partial charge in [0.2, 0.25) is 5.91 Å². The minimum absolute atomic E-state index is 0.0626. The first-order valence-electron chi connectivity index (χ1n) is 6.28. The topological polar surface area (TPSA) is 54.0 Å². The molecule has 0 bridgehead atoms. The Labute approximate surface area is 115 Å². The number of aromatic nitrogens is 1. The zero-order valence-corrected chi connectivity index (χ0v) is 11.2. The van der Waals surface area contributed by atoms with Crippen LogP contribution in [0.2, 0.25) is 0 Å². The summed E-state index contributed by atoms with van der Waals surface area (Å²) in [5.74, 6) is -0.0452. The van der Waals surface area contributed by atoms with Crippen molar-refractivity contribution in [2.45, 2.75) is 19.0 Å². The van der Waals surface area contributed by atoms with Gasteiger partial charge < -0.3 is 10.6 Å². The third-order valence-electron chi connectivity index (χ3n) is 3.34. The summed E-state index contributed by atoms with van der Waals surface area (Å²) in [5, 5.41) is 8.20. The van der Waals surface area contributed by atoms with Crippen LogP contribution in [0.5, 0.6) is 0 Å². The average molecular weight is 273 g/mol. The molecule has 0 spiro atoms. The Bertz CT molecular complexity index is 568. The number of fused-ring (bicyclic) bond motifs is 1. The highest BCUT2D eigenvalue weighted by Crippen LogP contribution is 2.23. The summed E-state index contributed by atoms with van der Waals surface area (Å²) < 4.78 is 0. The van der Waals surface area contributed by atoms with E-state index in [1.165, 1.54) is 5.56 Å². The molecule has 1 aromatic heterocycles. The number of nitrogens with one attached hydrogen (secondary N) is 2. The normalized spacial score (nSPS) is 17.8. The molecule has 3 rings (SSSR count). The van der Waals surface area contributed by atoms with Gasteiger partial charge in [0.15, 0.2) is 0 Å². The maximum absolute atomic E-state index is 12.3. The van der Waals surface area contributed by atoms with Crippen molar-refractivity contribution in [3.05, 3.63) is 52.0 Å². The van der Waals surface area contributed by atoms with Crippen LogP contribution in [0.15, 0.2) is 35.2 Å². The summed E-state index contributed by atoms with van der Waals surface area (Å²) >= 11 is 1.54. The number of rotatable bonds is 3. The molecule has 1 amide bonds. The van der Waals surface area contributed by atoms with Crippen LogP contribution in [-0.4, -0.2) is 17.4 Å². The summed E-state index contributed by atoms with van der Waals surface area (Å²) in [4.78, 5) is 16.4. The molecule has 0 aliphatic carbocycles. The number of thiazole rings is 1. The van der Waals surface area contributed by atoms with Crippen LogP contribution in [0, 0.1) is 0 Å². The van der Waals surface area contributed by atoms with E-state index in [0.29, 0.717) is 13.1 Å². The van der Waals surface area contributed by atoms with Crippen LogP contribution in [0.4, 0.5) is 0 Å². The van der Waals surface area contributed by atoms with Gasteiger partial charge in [-0.2, -0.15) is 0 Å². The molecule has 0 fully saturated rings. The molecular formula is C14H15N3OS. The average Bonchev–Trinajstić information content (AvgIpc) is 2.97. The molecule has 1 atom stereocenters. The quantitative estimate of drug-likeness (QED) is 0.894. The zero-order chi connectivity index (χ0) is 13.1. The summed E-state index contributed by atoms with van der Waals surface area (Å²) in [5.41, 5.74) is 5.04. The van der Waals surface area contributed by atoms with Crippen LogP contribution in [-0.2, 0) is 17.9 Å². The zero-order valence-electron chi connectivity index (χ0n) is 10.4.